The summed E-state index contributed by atoms with van der Waals surface area (Å²) in [6.45, 7) is 4.15. The first kappa shape index (κ1) is 19.3. The number of rotatable bonds is 8. The number of carbonyl (C=O) groups is 1. The van der Waals surface area contributed by atoms with E-state index in [1.165, 1.54) is 6.07 Å². The van der Waals surface area contributed by atoms with Gasteiger partial charge in [0.1, 0.15) is 0 Å². The van der Waals surface area contributed by atoms with Crippen molar-refractivity contribution < 1.29 is 14.3 Å². The molecule has 1 saturated heterocycles. The Morgan fingerprint density at radius 3 is 2.93 bits per heavy atom. The Morgan fingerprint density at radius 2 is 2.19 bits per heavy atom. The van der Waals surface area contributed by atoms with Crippen molar-refractivity contribution in [2.75, 3.05) is 26.4 Å². The number of nitrogens with zero attached hydrogens (tertiary/aromatic N) is 2. The fourth-order valence-corrected chi connectivity index (χ4v) is 2.99. The van der Waals surface area contributed by atoms with Gasteiger partial charge in [-0.25, -0.2) is 4.68 Å². The van der Waals surface area contributed by atoms with Gasteiger partial charge in [-0.05, 0) is 38.3 Å². The molecule has 1 unspecified atom stereocenters. The van der Waals surface area contributed by atoms with Crippen LogP contribution in [-0.4, -0.2) is 48.2 Å². The second-order valence-corrected chi connectivity index (χ2v) is 6.57. The maximum Gasteiger partial charge on any atom is 0.275 e. The third kappa shape index (κ3) is 5.24. The summed E-state index contributed by atoms with van der Waals surface area (Å²) in [6.07, 6.45) is 3.00. The molecule has 0 spiro atoms. The molecule has 0 bridgehead atoms. The van der Waals surface area contributed by atoms with Gasteiger partial charge in [-0.15, -0.1) is 0 Å². The minimum atomic E-state index is -0.469. The van der Waals surface area contributed by atoms with E-state index in [1.54, 1.807) is 11.6 Å². The average Bonchev–Trinajstić information content (AvgIpc) is 3.18. The Hall–Kier alpha value is -2.51. The number of amides is 1. The van der Waals surface area contributed by atoms with Crippen LogP contribution in [0, 0.1) is 6.92 Å². The topological polar surface area (TPSA) is 82.5 Å². The highest BCUT2D eigenvalue weighted by molar-refractivity contribution is 5.92. The number of aromatic nitrogens is 2. The van der Waals surface area contributed by atoms with Crippen LogP contribution in [0.3, 0.4) is 0 Å². The highest BCUT2D eigenvalue weighted by Gasteiger charge is 2.16. The number of carbonyl (C=O) groups excluding carboxylic acids is 1. The van der Waals surface area contributed by atoms with Crippen LogP contribution in [0.25, 0.3) is 5.69 Å². The van der Waals surface area contributed by atoms with E-state index in [0.29, 0.717) is 31.9 Å². The summed E-state index contributed by atoms with van der Waals surface area (Å²) in [7, 11) is 0. The number of hydrogen-bond acceptors (Lipinski definition) is 5. The fourth-order valence-electron chi connectivity index (χ4n) is 2.99. The Labute approximate surface area is 158 Å². The van der Waals surface area contributed by atoms with Crippen LogP contribution in [0.15, 0.2) is 41.2 Å². The lowest BCUT2D eigenvalue weighted by Crippen LogP contribution is -2.33. The first-order chi connectivity index (χ1) is 13.1. The fraction of sp³-hybridized carbons (Fsp3) is 0.450. The Balaban J connectivity index is 1.52. The largest absolute Gasteiger partial charge is 0.379 e. The molecule has 1 fully saturated rings. The predicted octanol–water partition coefficient (Wildman–Crippen LogP) is 1.86. The molecular formula is C20H25N3O4. The van der Waals surface area contributed by atoms with E-state index in [4.69, 9.17) is 9.47 Å². The van der Waals surface area contributed by atoms with Crippen molar-refractivity contribution in [3.63, 3.8) is 0 Å². The Bertz CT molecular complexity index is 814. The number of hydrogen-bond donors (Lipinski definition) is 1. The summed E-state index contributed by atoms with van der Waals surface area (Å²) < 4.78 is 12.6. The smallest absolute Gasteiger partial charge is 0.275 e. The molecule has 2 aromatic rings. The van der Waals surface area contributed by atoms with E-state index in [0.717, 1.165) is 25.1 Å². The SMILES string of the molecule is Cc1cc(=O)c(C(=O)NCCCOCC2CCCO2)nn1-c1ccccc1. The second-order valence-electron chi connectivity index (χ2n) is 6.57. The van der Waals surface area contributed by atoms with Crippen molar-refractivity contribution in [3.05, 3.63) is 58.0 Å². The van der Waals surface area contributed by atoms with Gasteiger partial charge in [0.05, 0.1) is 18.4 Å². The number of para-hydroxylation sites is 1. The average molecular weight is 371 g/mol. The summed E-state index contributed by atoms with van der Waals surface area (Å²) in [5.74, 6) is -0.469. The molecule has 7 heteroatoms. The van der Waals surface area contributed by atoms with Crippen LogP contribution in [0.2, 0.25) is 0 Å². The zero-order chi connectivity index (χ0) is 19.1. The summed E-state index contributed by atoms with van der Waals surface area (Å²) in [5.41, 5.74) is 0.980. The van der Waals surface area contributed by atoms with Crippen LogP contribution in [0.5, 0.6) is 0 Å². The number of aryl methyl sites for hydroxylation is 1. The number of nitrogens with one attached hydrogen (secondary N) is 1. The maximum atomic E-state index is 12.4. The van der Waals surface area contributed by atoms with Gasteiger partial charge >= 0.3 is 0 Å². The lowest BCUT2D eigenvalue weighted by Gasteiger charge is -2.12. The van der Waals surface area contributed by atoms with Gasteiger partial charge in [-0.3, -0.25) is 9.59 Å². The molecule has 7 nitrogen and oxygen atoms in total. The highest BCUT2D eigenvalue weighted by Crippen LogP contribution is 2.12. The molecule has 1 aliphatic heterocycles. The van der Waals surface area contributed by atoms with Crippen LogP contribution < -0.4 is 10.7 Å². The Kier molecular flexibility index (Phi) is 6.73. The molecule has 1 aromatic heterocycles. The summed E-state index contributed by atoms with van der Waals surface area (Å²) in [6, 6.07) is 10.8. The summed E-state index contributed by atoms with van der Waals surface area (Å²) in [4.78, 5) is 24.5. The van der Waals surface area contributed by atoms with Gasteiger partial charge < -0.3 is 14.8 Å². The lowest BCUT2D eigenvalue weighted by atomic mass is 10.2. The molecule has 144 valence electrons. The van der Waals surface area contributed by atoms with Crippen molar-refractivity contribution in [3.8, 4) is 5.69 Å². The molecule has 27 heavy (non-hydrogen) atoms. The van der Waals surface area contributed by atoms with Crippen molar-refractivity contribution in [1.82, 2.24) is 15.1 Å². The van der Waals surface area contributed by atoms with E-state index < -0.39 is 5.91 Å². The minimum absolute atomic E-state index is 0.107. The molecule has 1 amide bonds. The van der Waals surface area contributed by atoms with Crippen LogP contribution in [-0.2, 0) is 9.47 Å². The number of ether oxygens (including phenoxy) is 2. The normalized spacial score (nSPS) is 16.4. The summed E-state index contributed by atoms with van der Waals surface area (Å²) >= 11 is 0. The number of benzene rings is 1. The monoisotopic (exact) mass is 371 g/mol. The molecule has 2 heterocycles. The van der Waals surface area contributed by atoms with E-state index in [1.807, 2.05) is 30.3 Å². The van der Waals surface area contributed by atoms with E-state index in [9.17, 15) is 9.59 Å². The van der Waals surface area contributed by atoms with Crippen molar-refractivity contribution in [1.29, 1.82) is 0 Å². The third-order valence-corrected chi connectivity index (χ3v) is 4.40. The van der Waals surface area contributed by atoms with E-state index >= 15 is 0 Å². The highest BCUT2D eigenvalue weighted by atomic mass is 16.5. The molecule has 3 rings (SSSR count). The second kappa shape index (κ2) is 9.43. The van der Waals surface area contributed by atoms with Gasteiger partial charge in [0.2, 0.25) is 5.43 Å². The molecule has 0 radical (unpaired) electrons. The zero-order valence-electron chi connectivity index (χ0n) is 15.5. The van der Waals surface area contributed by atoms with Gasteiger partial charge in [0.25, 0.3) is 5.91 Å². The molecule has 1 atom stereocenters. The zero-order valence-corrected chi connectivity index (χ0v) is 15.5. The van der Waals surface area contributed by atoms with Gasteiger partial charge in [0.15, 0.2) is 5.69 Å². The molecule has 0 saturated carbocycles. The Morgan fingerprint density at radius 1 is 1.37 bits per heavy atom. The van der Waals surface area contributed by atoms with Crippen molar-refractivity contribution in [2.24, 2.45) is 0 Å². The van der Waals surface area contributed by atoms with Crippen LogP contribution in [0.1, 0.15) is 35.4 Å². The molecule has 1 N–H and O–H groups in total. The lowest BCUT2D eigenvalue weighted by molar-refractivity contribution is 0.0166. The molecular weight excluding hydrogens is 346 g/mol. The van der Waals surface area contributed by atoms with Crippen molar-refractivity contribution >= 4 is 5.91 Å². The van der Waals surface area contributed by atoms with Gasteiger partial charge in [0, 0.05) is 31.5 Å². The minimum Gasteiger partial charge on any atom is -0.379 e. The summed E-state index contributed by atoms with van der Waals surface area (Å²) in [5, 5.41) is 6.99. The molecule has 0 aliphatic carbocycles. The quantitative estimate of drug-likeness (QED) is 0.716. The molecule has 1 aromatic carbocycles. The van der Waals surface area contributed by atoms with Gasteiger partial charge in [-0.1, -0.05) is 18.2 Å². The molecule has 1 aliphatic rings. The van der Waals surface area contributed by atoms with Crippen LogP contribution >= 0.6 is 0 Å². The van der Waals surface area contributed by atoms with E-state index in [2.05, 4.69) is 10.4 Å². The maximum absolute atomic E-state index is 12.4. The standard InChI is InChI=1S/C20H25N3O4/c1-15-13-18(24)19(22-23(15)16-7-3-2-4-8-16)20(25)21-10-6-11-26-14-17-9-5-12-27-17/h2-4,7-8,13,17H,5-6,9-12,14H2,1H3,(H,21,25). The van der Waals surface area contributed by atoms with Gasteiger partial charge in [-0.2, -0.15) is 5.10 Å². The predicted molar refractivity (Wildman–Crippen MR) is 101 cm³/mol. The van der Waals surface area contributed by atoms with Crippen LogP contribution in [0.4, 0.5) is 0 Å². The first-order valence-corrected chi connectivity index (χ1v) is 9.29. The van der Waals surface area contributed by atoms with Crippen molar-refractivity contribution in [2.45, 2.75) is 32.3 Å². The van der Waals surface area contributed by atoms with E-state index in [-0.39, 0.29) is 17.2 Å². The first-order valence-electron chi connectivity index (χ1n) is 9.29. The third-order valence-electron chi connectivity index (χ3n) is 4.40.